The van der Waals surface area contributed by atoms with Crippen molar-refractivity contribution in [2.24, 2.45) is 11.4 Å². The lowest BCUT2D eigenvalue weighted by Crippen LogP contribution is -2.22. The summed E-state index contributed by atoms with van der Waals surface area (Å²) >= 11 is 0. The van der Waals surface area contributed by atoms with Gasteiger partial charge in [-0.3, -0.25) is 0 Å². The van der Waals surface area contributed by atoms with Gasteiger partial charge in [-0.1, -0.05) is 19.6 Å². The molecule has 0 saturated carbocycles. The minimum absolute atomic E-state index is 0.0771. The van der Waals surface area contributed by atoms with E-state index in [1.165, 1.54) is 17.7 Å². The van der Waals surface area contributed by atoms with Crippen molar-refractivity contribution < 1.29 is 18.8 Å². The van der Waals surface area contributed by atoms with E-state index in [1.807, 2.05) is 12.1 Å². The van der Waals surface area contributed by atoms with E-state index in [0.717, 1.165) is 16.9 Å². The van der Waals surface area contributed by atoms with Crippen LogP contribution in [0.15, 0.2) is 44.6 Å². The van der Waals surface area contributed by atoms with E-state index in [2.05, 4.69) is 29.1 Å². The van der Waals surface area contributed by atoms with Crippen molar-refractivity contribution in [1.82, 2.24) is 14.3 Å². The first-order valence-electron chi connectivity index (χ1n) is 10.1. The number of carbonyl (C=O) groups is 1. The first-order chi connectivity index (χ1) is 14.5. The van der Waals surface area contributed by atoms with Crippen LogP contribution in [-0.2, 0) is 28.2 Å². The fraction of sp³-hybridized carbons (Fsp3) is 0.429. The predicted octanol–water partition coefficient (Wildman–Crippen LogP) is 4.21. The van der Waals surface area contributed by atoms with Gasteiger partial charge in [0.05, 0.1) is 21.5 Å². The maximum Gasteiger partial charge on any atom is 0.352 e. The molecule has 3 aromatic rings. The Bertz CT molecular complexity index is 1250. The minimum Gasteiger partial charge on any atom is -0.477 e. The van der Waals surface area contributed by atoms with Gasteiger partial charge in [0.2, 0.25) is 0 Å². The summed E-state index contributed by atoms with van der Waals surface area (Å²) in [5, 5.41) is 14.7. The zero-order valence-electron chi connectivity index (χ0n) is 18.9. The average molecular weight is 463 g/mol. The van der Waals surface area contributed by atoms with Crippen LogP contribution < -0.4 is 0 Å². The van der Waals surface area contributed by atoms with E-state index in [0.29, 0.717) is 28.8 Å². The number of hydrogen-bond acceptors (Lipinski definition) is 5. The molecule has 1 N–H and O–H groups in total. The molecule has 0 bridgehead atoms. The van der Waals surface area contributed by atoms with Crippen molar-refractivity contribution >= 4 is 34.7 Å². The fourth-order valence-corrected chi connectivity index (χ4v) is 6.12. The summed E-state index contributed by atoms with van der Waals surface area (Å²) in [5.41, 5.74) is 1.57. The van der Waals surface area contributed by atoms with Crippen molar-refractivity contribution in [3.63, 3.8) is 0 Å². The van der Waals surface area contributed by atoms with Gasteiger partial charge in [-0.2, -0.15) is 5.10 Å². The van der Waals surface area contributed by atoms with Crippen LogP contribution in [0.4, 0.5) is 0 Å². The van der Waals surface area contributed by atoms with Gasteiger partial charge in [0.15, 0.2) is 0 Å². The van der Waals surface area contributed by atoms with Gasteiger partial charge >= 0.3 is 5.97 Å². The SMILES string of the molecule is CN=S(=O)(c1ccc2c(cnn2COCC[Si](C)(C)C)c1)c1cc(C(=O)O)n(C)c1C. The molecule has 1 aromatic carbocycles. The van der Waals surface area contributed by atoms with Crippen LogP contribution in [0.25, 0.3) is 10.9 Å². The third-order valence-electron chi connectivity index (χ3n) is 5.41. The Kier molecular flexibility index (Phi) is 6.45. The highest BCUT2D eigenvalue weighted by Gasteiger charge is 2.24. The Morgan fingerprint density at radius 2 is 2.00 bits per heavy atom. The summed E-state index contributed by atoms with van der Waals surface area (Å²) in [6, 6.07) is 7.98. The number of carboxylic acids is 1. The number of benzene rings is 1. The normalized spacial score (nSPS) is 14.0. The van der Waals surface area contributed by atoms with Gasteiger partial charge in [0.25, 0.3) is 0 Å². The van der Waals surface area contributed by atoms with Crippen LogP contribution in [0.3, 0.4) is 0 Å². The second kappa shape index (κ2) is 8.60. The molecule has 168 valence electrons. The summed E-state index contributed by atoms with van der Waals surface area (Å²) in [7, 11) is -0.999. The van der Waals surface area contributed by atoms with Crippen LogP contribution in [0.1, 0.15) is 16.2 Å². The summed E-state index contributed by atoms with van der Waals surface area (Å²) in [4.78, 5) is 12.4. The number of hydrogen-bond donors (Lipinski definition) is 1. The highest BCUT2D eigenvalue weighted by atomic mass is 32.2. The monoisotopic (exact) mass is 462 g/mol. The molecule has 31 heavy (non-hydrogen) atoms. The standard InChI is InChI=1S/C21H30N4O4SSi/c1-15-20(12-19(21(26)27)24(15)3)30(28,22-2)17-7-8-18-16(11-17)13-23-25(18)14-29-9-10-31(4,5)6/h7-8,11-13H,9-10,14H2,1-6H3,(H,26,27). The van der Waals surface area contributed by atoms with Gasteiger partial charge < -0.3 is 14.4 Å². The average Bonchev–Trinajstić information content (AvgIpc) is 3.25. The molecular formula is C21H30N4O4SSi. The van der Waals surface area contributed by atoms with E-state index in [-0.39, 0.29) is 5.69 Å². The first-order valence-corrected chi connectivity index (χ1v) is 15.3. The number of carboxylic acid groups (broad SMARTS) is 1. The lowest BCUT2D eigenvalue weighted by Gasteiger charge is -2.15. The molecule has 0 spiro atoms. The maximum atomic E-state index is 13.9. The number of nitrogens with zero attached hydrogens (tertiary/aromatic N) is 4. The molecule has 2 aromatic heterocycles. The molecule has 0 saturated heterocycles. The third kappa shape index (κ3) is 4.60. The highest BCUT2D eigenvalue weighted by Crippen LogP contribution is 2.30. The molecule has 0 aliphatic rings. The molecule has 0 radical (unpaired) electrons. The fourth-order valence-electron chi connectivity index (χ4n) is 3.36. The van der Waals surface area contributed by atoms with Crippen LogP contribution in [0.2, 0.25) is 25.7 Å². The molecule has 0 fully saturated rings. The summed E-state index contributed by atoms with van der Waals surface area (Å²) < 4.78 is 27.2. The van der Waals surface area contributed by atoms with Gasteiger partial charge in [0.1, 0.15) is 22.2 Å². The Hall–Kier alpha value is -2.43. The molecular weight excluding hydrogens is 432 g/mol. The zero-order chi connectivity index (χ0) is 23.0. The van der Waals surface area contributed by atoms with Crippen LogP contribution in [-0.4, -0.2) is 51.4 Å². The molecule has 10 heteroatoms. The lowest BCUT2D eigenvalue weighted by molar-refractivity contribution is 0.0686. The first kappa shape index (κ1) is 23.2. The number of rotatable bonds is 8. The Balaban J connectivity index is 1.93. The number of ether oxygens (including phenoxy) is 1. The van der Waals surface area contributed by atoms with Gasteiger partial charge in [-0.05, 0) is 37.2 Å². The van der Waals surface area contributed by atoms with E-state index in [1.54, 1.807) is 30.9 Å². The second-order valence-electron chi connectivity index (χ2n) is 8.76. The van der Waals surface area contributed by atoms with Crippen molar-refractivity contribution in [2.75, 3.05) is 13.7 Å². The highest BCUT2D eigenvalue weighted by molar-refractivity contribution is 7.93. The molecule has 0 aliphatic carbocycles. The lowest BCUT2D eigenvalue weighted by atomic mass is 10.2. The number of aromatic nitrogens is 3. The quantitative estimate of drug-likeness (QED) is 0.399. The van der Waals surface area contributed by atoms with Gasteiger partial charge in [-0.25, -0.2) is 18.0 Å². The van der Waals surface area contributed by atoms with E-state index in [9.17, 15) is 14.1 Å². The molecule has 2 heterocycles. The van der Waals surface area contributed by atoms with Gasteiger partial charge in [-0.15, -0.1) is 0 Å². The van der Waals surface area contributed by atoms with E-state index in [4.69, 9.17) is 4.74 Å². The van der Waals surface area contributed by atoms with Crippen LogP contribution in [0.5, 0.6) is 0 Å². The molecule has 0 amide bonds. The minimum atomic E-state index is -2.99. The molecule has 1 atom stereocenters. The molecule has 0 aliphatic heterocycles. The zero-order valence-corrected chi connectivity index (χ0v) is 20.7. The Labute approximate surface area is 184 Å². The smallest absolute Gasteiger partial charge is 0.352 e. The van der Waals surface area contributed by atoms with Crippen molar-refractivity contribution in [3.8, 4) is 0 Å². The molecule has 1 unspecified atom stereocenters. The second-order valence-corrected chi connectivity index (χ2v) is 16.7. The van der Waals surface area contributed by atoms with Crippen molar-refractivity contribution in [1.29, 1.82) is 0 Å². The topological polar surface area (TPSA) is 98.7 Å². The Morgan fingerprint density at radius 1 is 1.29 bits per heavy atom. The van der Waals surface area contributed by atoms with E-state index < -0.39 is 23.8 Å². The Morgan fingerprint density at radius 3 is 2.58 bits per heavy atom. The van der Waals surface area contributed by atoms with Gasteiger partial charge in [0, 0.05) is 39.9 Å². The summed E-state index contributed by atoms with van der Waals surface area (Å²) in [6.45, 7) is 9.75. The largest absolute Gasteiger partial charge is 0.477 e. The van der Waals surface area contributed by atoms with Crippen molar-refractivity contribution in [3.05, 3.63) is 41.9 Å². The third-order valence-corrected chi connectivity index (χ3v) is 9.53. The molecule has 3 rings (SSSR count). The van der Waals surface area contributed by atoms with Crippen LogP contribution in [0, 0.1) is 6.92 Å². The molecule has 8 nitrogen and oxygen atoms in total. The van der Waals surface area contributed by atoms with Crippen molar-refractivity contribution in [2.45, 2.75) is 49.1 Å². The van der Waals surface area contributed by atoms with E-state index >= 15 is 0 Å². The maximum absolute atomic E-state index is 13.9. The van der Waals surface area contributed by atoms with Crippen LogP contribution >= 0.6 is 0 Å². The summed E-state index contributed by atoms with van der Waals surface area (Å²) in [5.74, 6) is -1.07. The predicted molar refractivity (Wildman–Crippen MR) is 124 cm³/mol. The number of fused-ring (bicyclic) bond motifs is 1. The summed E-state index contributed by atoms with van der Waals surface area (Å²) in [6.07, 6.45) is 1.72. The number of aromatic carboxylic acids is 1.